The molecule has 26 heavy (non-hydrogen) atoms. The summed E-state index contributed by atoms with van der Waals surface area (Å²) in [7, 11) is 0. The molecule has 5 nitrogen and oxygen atoms in total. The Balaban J connectivity index is 1.83. The molecule has 0 aliphatic heterocycles. The van der Waals surface area contributed by atoms with Gasteiger partial charge in [-0.2, -0.15) is 5.26 Å². The molecule has 5 heteroatoms. The first-order valence-electron chi connectivity index (χ1n) is 8.18. The predicted octanol–water partition coefficient (Wildman–Crippen LogP) is 4.31. The van der Waals surface area contributed by atoms with E-state index in [1.54, 1.807) is 6.20 Å². The molecule has 0 unspecified atom stereocenters. The molecule has 1 aromatic heterocycles. The number of rotatable bonds is 4. The summed E-state index contributed by atoms with van der Waals surface area (Å²) in [5, 5.41) is 16.1. The first-order chi connectivity index (χ1) is 12.6. The van der Waals surface area contributed by atoms with Gasteiger partial charge in [0.2, 0.25) is 0 Å². The highest BCUT2D eigenvalue weighted by molar-refractivity contribution is 6.07. The van der Waals surface area contributed by atoms with Crippen molar-refractivity contribution in [2.75, 3.05) is 10.6 Å². The monoisotopic (exact) mass is 342 g/mol. The minimum atomic E-state index is -0.457. The van der Waals surface area contributed by atoms with Gasteiger partial charge in [-0.05, 0) is 43.2 Å². The second kappa shape index (κ2) is 7.49. The summed E-state index contributed by atoms with van der Waals surface area (Å²) < 4.78 is 0. The van der Waals surface area contributed by atoms with E-state index in [2.05, 4.69) is 15.6 Å². The van der Waals surface area contributed by atoms with Crippen molar-refractivity contribution in [3.63, 3.8) is 0 Å². The van der Waals surface area contributed by atoms with Crippen LogP contribution in [0.3, 0.4) is 0 Å². The number of nitriles is 1. The van der Waals surface area contributed by atoms with Crippen LogP contribution >= 0.6 is 0 Å². The Hall–Kier alpha value is -3.65. The van der Waals surface area contributed by atoms with Crippen molar-refractivity contribution in [3.8, 4) is 6.07 Å². The number of hydrogen-bond acceptors (Lipinski definition) is 4. The molecular formula is C21H18N4O. The van der Waals surface area contributed by atoms with Gasteiger partial charge in [0.15, 0.2) is 0 Å². The van der Waals surface area contributed by atoms with E-state index in [4.69, 9.17) is 0 Å². The number of anilines is 2. The van der Waals surface area contributed by atoms with Crippen LogP contribution < -0.4 is 10.6 Å². The Bertz CT molecular complexity index is 1040. The number of hydrogen-bond donors (Lipinski definition) is 2. The summed E-state index contributed by atoms with van der Waals surface area (Å²) in [6.07, 6.45) is 3.11. The van der Waals surface area contributed by atoms with Gasteiger partial charge in [0.05, 0.1) is 11.2 Å². The first kappa shape index (κ1) is 17.2. The Morgan fingerprint density at radius 2 is 1.81 bits per heavy atom. The number of pyridine rings is 1. The molecular weight excluding hydrogens is 324 g/mol. The normalized spacial score (nSPS) is 11.0. The number of nitrogens with one attached hydrogen (secondary N) is 2. The van der Waals surface area contributed by atoms with Crippen molar-refractivity contribution >= 4 is 28.2 Å². The van der Waals surface area contributed by atoms with E-state index in [0.29, 0.717) is 5.69 Å². The van der Waals surface area contributed by atoms with Crippen LogP contribution in [0.25, 0.3) is 10.9 Å². The quantitative estimate of drug-likeness (QED) is 0.547. The summed E-state index contributed by atoms with van der Waals surface area (Å²) >= 11 is 0. The van der Waals surface area contributed by atoms with Gasteiger partial charge in [-0.1, -0.05) is 30.3 Å². The summed E-state index contributed by atoms with van der Waals surface area (Å²) in [6.45, 7) is 3.90. The van der Waals surface area contributed by atoms with Crippen LogP contribution in [0.4, 0.5) is 11.4 Å². The lowest BCUT2D eigenvalue weighted by Gasteiger charge is -2.10. The molecule has 0 fully saturated rings. The highest BCUT2D eigenvalue weighted by Crippen LogP contribution is 2.21. The maximum absolute atomic E-state index is 12.4. The van der Waals surface area contributed by atoms with Crippen LogP contribution in [-0.4, -0.2) is 10.9 Å². The van der Waals surface area contributed by atoms with Crippen molar-refractivity contribution in [1.82, 2.24) is 4.98 Å². The summed E-state index contributed by atoms with van der Waals surface area (Å²) in [5.41, 5.74) is 4.24. The lowest BCUT2D eigenvalue weighted by atomic mass is 10.1. The van der Waals surface area contributed by atoms with E-state index in [1.807, 2.05) is 68.4 Å². The van der Waals surface area contributed by atoms with Crippen LogP contribution in [0.15, 0.2) is 66.5 Å². The molecule has 3 aromatic rings. The first-order valence-corrected chi connectivity index (χ1v) is 8.18. The van der Waals surface area contributed by atoms with Crippen molar-refractivity contribution in [1.29, 1.82) is 5.26 Å². The Kier molecular flexibility index (Phi) is 4.95. The smallest absolute Gasteiger partial charge is 0.267 e. The number of nitrogens with zero attached hydrogens (tertiary/aromatic N) is 2. The Morgan fingerprint density at radius 3 is 2.62 bits per heavy atom. The van der Waals surface area contributed by atoms with Crippen molar-refractivity contribution in [2.24, 2.45) is 0 Å². The SMILES string of the molecule is Cc1cccc(NC(=O)/C(C#N)=C\Nc2cccc3cccnc23)c1C. The predicted molar refractivity (Wildman–Crippen MR) is 104 cm³/mol. The van der Waals surface area contributed by atoms with E-state index >= 15 is 0 Å². The molecule has 0 atom stereocenters. The van der Waals surface area contributed by atoms with Crippen LogP contribution in [0.2, 0.25) is 0 Å². The van der Waals surface area contributed by atoms with Gasteiger partial charge in [0, 0.05) is 23.5 Å². The number of amides is 1. The van der Waals surface area contributed by atoms with Crippen molar-refractivity contribution < 1.29 is 4.79 Å². The number of benzene rings is 2. The molecule has 3 rings (SSSR count). The average molecular weight is 342 g/mol. The lowest BCUT2D eigenvalue weighted by Crippen LogP contribution is -2.15. The van der Waals surface area contributed by atoms with Crippen molar-refractivity contribution in [2.45, 2.75) is 13.8 Å². The van der Waals surface area contributed by atoms with E-state index in [0.717, 1.165) is 27.7 Å². The number of aryl methyl sites for hydroxylation is 1. The summed E-state index contributed by atoms with van der Waals surface area (Å²) in [4.78, 5) is 16.8. The molecule has 1 amide bonds. The Labute approximate surface area is 152 Å². The molecule has 128 valence electrons. The fraction of sp³-hybridized carbons (Fsp3) is 0.0952. The largest absolute Gasteiger partial charge is 0.358 e. The van der Waals surface area contributed by atoms with Gasteiger partial charge in [-0.15, -0.1) is 0 Å². The zero-order valence-electron chi connectivity index (χ0n) is 14.6. The molecule has 2 N–H and O–H groups in total. The summed E-state index contributed by atoms with van der Waals surface area (Å²) in [6, 6.07) is 17.1. The van der Waals surface area contributed by atoms with Crippen LogP contribution in [-0.2, 0) is 4.79 Å². The third-order valence-corrected chi connectivity index (χ3v) is 4.22. The van der Waals surface area contributed by atoms with Gasteiger partial charge in [0.1, 0.15) is 11.6 Å². The van der Waals surface area contributed by atoms with Crippen LogP contribution in [0, 0.1) is 25.2 Å². The highest BCUT2D eigenvalue weighted by atomic mass is 16.1. The number of fused-ring (bicyclic) bond motifs is 1. The fourth-order valence-corrected chi connectivity index (χ4v) is 2.60. The fourth-order valence-electron chi connectivity index (χ4n) is 2.60. The lowest BCUT2D eigenvalue weighted by molar-refractivity contribution is -0.112. The van der Waals surface area contributed by atoms with Gasteiger partial charge in [0.25, 0.3) is 5.91 Å². The molecule has 0 bridgehead atoms. The zero-order valence-corrected chi connectivity index (χ0v) is 14.6. The summed E-state index contributed by atoms with van der Waals surface area (Å²) in [5.74, 6) is -0.457. The highest BCUT2D eigenvalue weighted by Gasteiger charge is 2.11. The molecule has 0 saturated carbocycles. The minimum absolute atomic E-state index is 0.0150. The van der Waals surface area contributed by atoms with Gasteiger partial charge in [-0.25, -0.2) is 0 Å². The molecule has 1 heterocycles. The van der Waals surface area contributed by atoms with Gasteiger partial charge in [-0.3, -0.25) is 9.78 Å². The second-order valence-electron chi connectivity index (χ2n) is 5.90. The number of carbonyl (C=O) groups is 1. The third kappa shape index (κ3) is 3.55. The van der Waals surface area contributed by atoms with Crippen LogP contribution in [0.1, 0.15) is 11.1 Å². The molecule has 2 aromatic carbocycles. The van der Waals surface area contributed by atoms with Gasteiger partial charge < -0.3 is 10.6 Å². The number of para-hydroxylation sites is 1. The second-order valence-corrected chi connectivity index (χ2v) is 5.90. The maximum atomic E-state index is 12.4. The Morgan fingerprint density at radius 1 is 1.08 bits per heavy atom. The van der Waals surface area contributed by atoms with E-state index < -0.39 is 5.91 Å². The molecule has 0 spiro atoms. The third-order valence-electron chi connectivity index (χ3n) is 4.22. The molecule has 0 aliphatic rings. The molecule has 0 saturated heterocycles. The van der Waals surface area contributed by atoms with E-state index in [9.17, 15) is 10.1 Å². The standard InChI is InChI=1S/C21H18N4O/c1-14-6-3-9-18(15(14)2)25-21(26)17(12-22)13-24-19-10-4-7-16-8-5-11-23-20(16)19/h3-11,13,24H,1-2H3,(H,25,26)/b17-13-. The van der Waals surface area contributed by atoms with Gasteiger partial charge >= 0.3 is 0 Å². The average Bonchev–Trinajstić information content (AvgIpc) is 2.66. The molecule has 0 radical (unpaired) electrons. The van der Waals surface area contributed by atoms with Crippen molar-refractivity contribution in [3.05, 3.63) is 77.6 Å². The number of aromatic nitrogens is 1. The zero-order chi connectivity index (χ0) is 18.5. The minimum Gasteiger partial charge on any atom is -0.358 e. The van der Waals surface area contributed by atoms with Crippen LogP contribution in [0.5, 0.6) is 0 Å². The maximum Gasteiger partial charge on any atom is 0.267 e. The van der Waals surface area contributed by atoms with E-state index in [1.165, 1.54) is 6.20 Å². The number of carbonyl (C=O) groups excluding carboxylic acids is 1. The molecule has 0 aliphatic carbocycles. The topological polar surface area (TPSA) is 77.8 Å². The van der Waals surface area contributed by atoms with E-state index in [-0.39, 0.29) is 5.57 Å².